The number of carboxylic acid groups (broad SMARTS) is 1. The van der Waals surface area contributed by atoms with E-state index in [4.69, 9.17) is 0 Å². The number of carboxylic acids is 1. The standard InChI is InChI=1S/C26H27N3O7S2/c1-15-5-7-17(8-6-15)37(33,34)25-16(2)27-23(19(25)10-12-24(30)31)14-21-20-13-18(38(35,36)29(3)4)9-11-22(20)28-26(21)32/h5-9,11,13-14,27H,10,12H2,1-4H3,(H,28,32)(H,30,31)/b21-14+. The van der Waals surface area contributed by atoms with Crippen molar-refractivity contribution in [1.82, 2.24) is 9.29 Å². The van der Waals surface area contributed by atoms with E-state index in [0.717, 1.165) is 9.87 Å². The topological polar surface area (TPSA) is 154 Å². The lowest BCUT2D eigenvalue weighted by atomic mass is 10.0. The van der Waals surface area contributed by atoms with Gasteiger partial charge in [-0.1, -0.05) is 17.7 Å². The minimum Gasteiger partial charge on any atom is -0.481 e. The molecule has 38 heavy (non-hydrogen) atoms. The molecule has 0 radical (unpaired) electrons. The fraction of sp³-hybridized carbons (Fsp3) is 0.231. The van der Waals surface area contributed by atoms with Gasteiger partial charge in [0, 0.05) is 43.2 Å². The van der Waals surface area contributed by atoms with Gasteiger partial charge >= 0.3 is 5.97 Å². The lowest BCUT2D eigenvalue weighted by Gasteiger charge is -2.12. The maximum Gasteiger partial charge on any atom is 0.303 e. The van der Waals surface area contributed by atoms with Gasteiger partial charge in [-0.25, -0.2) is 21.1 Å². The van der Waals surface area contributed by atoms with Crippen LogP contribution < -0.4 is 5.32 Å². The zero-order valence-corrected chi connectivity index (χ0v) is 22.8. The Balaban J connectivity index is 1.90. The average Bonchev–Trinajstić information content (AvgIpc) is 3.33. The van der Waals surface area contributed by atoms with Crippen LogP contribution in [0.2, 0.25) is 0 Å². The predicted octanol–water partition coefficient (Wildman–Crippen LogP) is 3.22. The second-order valence-electron chi connectivity index (χ2n) is 9.19. The first kappa shape index (κ1) is 27.3. The number of aryl methyl sites for hydroxylation is 2. The second-order valence-corrected chi connectivity index (χ2v) is 13.2. The average molecular weight is 558 g/mol. The van der Waals surface area contributed by atoms with Gasteiger partial charge in [0.15, 0.2) is 0 Å². The number of aromatic nitrogens is 1. The smallest absolute Gasteiger partial charge is 0.303 e. The van der Waals surface area contributed by atoms with Crippen LogP contribution in [-0.2, 0) is 35.9 Å². The SMILES string of the molecule is Cc1ccc(S(=O)(=O)c2c(C)[nH]c(/C=C3/C(=O)Nc4ccc(S(=O)(=O)N(C)C)cc43)c2CCC(=O)O)cc1. The van der Waals surface area contributed by atoms with E-state index in [1.165, 1.54) is 50.5 Å². The molecule has 0 atom stereocenters. The zero-order chi connectivity index (χ0) is 28.0. The number of hydrogen-bond donors (Lipinski definition) is 3. The third-order valence-electron chi connectivity index (χ3n) is 6.29. The molecule has 3 N–H and O–H groups in total. The largest absolute Gasteiger partial charge is 0.481 e. The fourth-order valence-corrected chi connectivity index (χ4v) is 6.96. The number of carbonyl (C=O) groups excluding carboxylic acids is 1. The third-order valence-corrected chi connectivity index (χ3v) is 10.1. The molecular formula is C26H27N3O7S2. The molecule has 0 bridgehead atoms. The second kappa shape index (κ2) is 9.86. The third kappa shape index (κ3) is 4.89. The van der Waals surface area contributed by atoms with Gasteiger partial charge in [-0.05, 0) is 62.2 Å². The summed E-state index contributed by atoms with van der Waals surface area (Å²) in [5.41, 5.74) is 2.52. The number of amides is 1. The van der Waals surface area contributed by atoms with Crippen molar-refractivity contribution in [2.75, 3.05) is 19.4 Å². The molecule has 0 fully saturated rings. The van der Waals surface area contributed by atoms with Crippen molar-refractivity contribution in [3.05, 3.63) is 70.5 Å². The molecule has 3 aromatic rings. The molecule has 10 nitrogen and oxygen atoms in total. The van der Waals surface area contributed by atoms with E-state index in [2.05, 4.69) is 10.3 Å². The summed E-state index contributed by atoms with van der Waals surface area (Å²) in [5, 5.41) is 12.0. The molecule has 1 aromatic heterocycles. The fourth-order valence-electron chi connectivity index (χ4n) is 4.31. The number of rotatable bonds is 8. The number of sulfone groups is 1. The number of aromatic amines is 1. The number of benzene rings is 2. The van der Waals surface area contributed by atoms with Crippen molar-refractivity contribution in [2.45, 2.75) is 41.4 Å². The molecule has 2 heterocycles. The number of sulfonamides is 1. The molecule has 12 heteroatoms. The monoisotopic (exact) mass is 557 g/mol. The molecule has 1 aliphatic heterocycles. The Kier molecular flexibility index (Phi) is 7.08. The maximum absolute atomic E-state index is 13.6. The molecule has 200 valence electrons. The summed E-state index contributed by atoms with van der Waals surface area (Å²) in [6, 6.07) is 10.6. The molecule has 4 rings (SSSR count). The molecule has 0 saturated heterocycles. The highest BCUT2D eigenvalue weighted by atomic mass is 32.2. The highest BCUT2D eigenvalue weighted by Crippen LogP contribution is 2.37. The maximum atomic E-state index is 13.6. The minimum atomic E-state index is -4.03. The Hall–Kier alpha value is -3.74. The van der Waals surface area contributed by atoms with Crippen molar-refractivity contribution in [1.29, 1.82) is 0 Å². The van der Waals surface area contributed by atoms with Crippen molar-refractivity contribution in [3.8, 4) is 0 Å². The van der Waals surface area contributed by atoms with Crippen LogP contribution in [0, 0.1) is 13.8 Å². The zero-order valence-electron chi connectivity index (χ0n) is 21.2. The first-order valence-electron chi connectivity index (χ1n) is 11.6. The van der Waals surface area contributed by atoms with Crippen LogP contribution in [0.4, 0.5) is 5.69 Å². The molecule has 2 aromatic carbocycles. The Morgan fingerprint density at radius 3 is 2.24 bits per heavy atom. The van der Waals surface area contributed by atoms with Crippen LogP contribution in [0.5, 0.6) is 0 Å². The Labute approximate surface area is 221 Å². The number of fused-ring (bicyclic) bond motifs is 1. The molecule has 1 aliphatic rings. The van der Waals surface area contributed by atoms with E-state index in [-0.39, 0.29) is 44.4 Å². The number of hydrogen-bond acceptors (Lipinski definition) is 6. The summed E-state index contributed by atoms with van der Waals surface area (Å²) in [6.45, 7) is 3.40. The van der Waals surface area contributed by atoms with Gasteiger partial charge in [0.1, 0.15) is 0 Å². The van der Waals surface area contributed by atoms with Gasteiger partial charge in [0.2, 0.25) is 19.9 Å². The van der Waals surface area contributed by atoms with Gasteiger partial charge in [0.05, 0.1) is 20.3 Å². The summed E-state index contributed by atoms with van der Waals surface area (Å²) in [7, 11) is -5.01. The molecule has 1 amide bonds. The first-order valence-corrected chi connectivity index (χ1v) is 14.5. The van der Waals surface area contributed by atoms with E-state index in [9.17, 15) is 31.5 Å². The van der Waals surface area contributed by atoms with Crippen molar-refractivity contribution in [3.63, 3.8) is 0 Å². The molecule has 0 aliphatic carbocycles. The molecule has 0 spiro atoms. The van der Waals surface area contributed by atoms with Crippen LogP contribution in [0.1, 0.15) is 34.5 Å². The number of nitrogens with zero attached hydrogens (tertiary/aromatic N) is 1. The van der Waals surface area contributed by atoms with E-state index in [1.807, 2.05) is 6.92 Å². The van der Waals surface area contributed by atoms with Gasteiger partial charge < -0.3 is 15.4 Å². The number of carbonyl (C=O) groups is 2. The van der Waals surface area contributed by atoms with Crippen molar-refractivity contribution >= 4 is 49.1 Å². The van der Waals surface area contributed by atoms with Gasteiger partial charge in [-0.15, -0.1) is 0 Å². The number of nitrogens with one attached hydrogen (secondary N) is 2. The van der Waals surface area contributed by atoms with Crippen molar-refractivity contribution < 1.29 is 31.5 Å². The van der Waals surface area contributed by atoms with Gasteiger partial charge in [-0.3, -0.25) is 9.59 Å². The predicted molar refractivity (Wildman–Crippen MR) is 142 cm³/mol. The summed E-state index contributed by atoms with van der Waals surface area (Å²) >= 11 is 0. The lowest BCUT2D eigenvalue weighted by Crippen LogP contribution is -2.22. The normalized spacial score (nSPS) is 14.7. The van der Waals surface area contributed by atoms with Crippen LogP contribution in [-0.4, -0.2) is 57.2 Å². The number of aliphatic carboxylic acids is 1. The molecule has 0 unspecified atom stereocenters. The van der Waals surface area contributed by atoms with Crippen molar-refractivity contribution in [2.24, 2.45) is 0 Å². The summed E-state index contributed by atoms with van der Waals surface area (Å²) in [6.07, 6.45) is 0.992. The molecule has 0 saturated carbocycles. The van der Waals surface area contributed by atoms with Gasteiger partial charge in [-0.2, -0.15) is 0 Å². The van der Waals surface area contributed by atoms with Gasteiger partial charge in [0.25, 0.3) is 5.91 Å². The number of anilines is 1. The van der Waals surface area contributed by atoms with Crippen LogP contribution in [0.3, 0.4) is 0 Å². The minimum absolute atomic E-state index is 0.0138. The Bertz CT molecular complexity index is 1700. The van der Waals surface area contributed by atoms with E-state index >= 15 is 0 Å². The summed E-state index contributed by atoms with van der Waals surface area (Å²) in [5.74, 6) is -1.61. The van der Waals surface area contributed by atoms with E-state index < -0.39 is 31.7 Å². The summed E-state index contributed by atoms with van der Waals surface area (Å²) in [4.78, 5) is 27.3. The lowest BCUT2D eigenvalue weighted by molar-refractivity contribution is -0.137. The highest BCUT2D eigenvalue weighted by Gasteiger charge is 2.31. The van der Waals surface area contributed by atoms with Crippen LogP contribution >= 0.6 is 0 Å². The Morgan fingerprint density at radius 1 is 1.00 bits per heavy atom. The quantitative estimate of drug-likeness (QED) is 0.359. The molecular weight excluding hydrogens is 530 g/mol. The van der Waals surface area contributed by atoms with E-state index in [1.54, 1.807) is 19.1 Å². The highest BCUT2D eigenvalue weighted by molar-refractivity contribution is 7.91. The summed E-state index contributed by atoms with van der Waals surface area (Å²) < 4.78 is 53.6. The Morgan fingerprint density at radius 2 is 1.63 bits per heavy atom. The first-order chi connectivity index (χ1) is 17.7. The number of H-pyrrole nitrogens is 1. The van der Waals surface area contributed by atoms with Crippen LogP contribution in [0.15, 0.2) is 57.2 Å². The van der Waals surface area contributed by atoms with E-state index in [0.29, 0.717) is 16.9 Å². The van der Waals surface area contributed by atoms with Crippen LogP contribution in [0.25, 0.3) is 11.6 Å².